The van der Waals surface area contributed by atoms with Crippen LogP contribution in [-0.2, 0) is 14.3 Å². The fourth-order valence-corrected chi connectivity index (χ4v) is 2.51. The van der Waals surface area contributed by atoms with Gasteiger partial charge in [0.25, 0.3) is 0 Å². The first kappa shape index (κ1) is 11.6. The number of carbonyl (C=O) groups excluding carboxylic acids is 2. The van der Waals surface area contributed by atoms with Crippen molar-refractivity contribution >= 4 is 11.9 Å². The van der Waals surface area contributed by atoms with Gasteiger partial charge in [-0.3, -0.25) is 9.59 Å². The maximum atomic E-state index is 11.7. The first-order valence-electron chi connectivity index (χ1n) is 5.93. The zero-order valence-corrected chi connectivity index (χ0v) is 10.7. The standard InChI is InChI=1S/C13H20O3/c1-7-9(13(7,4)5)11(15)16-10(14)8-6-12(8,2)3/h7-9H,6H2,1-5H3. The molecule has 0 aromatic rings. The number of hydrogen-bond donors (Lipinski definition) is 0. The van der Waals surface area contributed by atoms with Crippen LogP contribution in [0.15, 0.2) is 0 Å². The van der Waals surface area contributed by atoms with E-state index >= 15 is 0 Å². The molecule has 3 atom stereocenters. The van der Waals surface area contributed by atoms with E-state index in [0.29, 0.717) is 5.92 Å². The molecular weight excluding hydrogens is 204 g/mol. The molecule has 0 spiro atoms. The molecular formula is C13H20O3. The minimum Gasteiger partial charge on any atom is -0.393 e. The maximum Gasteiger partial charge on any atom is 0.317 e. The van der Waals surface area contributed by atoms with Gasteiger partial charge in [-0.2, -0.15) is 0 Å². The van der Waals surface area contributed by atoms with Crippen LogP contribution >= 0.6 is 0 Å². The predicted octanol–water partition coefficient (Wildman–Crippen LogP) is 2.39. The van der Waals surface area contributed by atoms with E-state index in [2.05, 4.69) is 0 Å². The van der Waals surface area contributed by atoms with Crippen LogP contribution < -0.4 is 0 Å². The average molecular weight is 224 g/mol. The van der Waals surface area contributed by atoms with E-state index in [1.807, 2.05) is 34.6 Å². The third-order valence-electron chi connectivity index (χ3n) is 4.62. The van der Waals surface area contributed by atoms with Gasteiger partial charge in [-0.15, -0.1) is 0 Å². The third-order valence-corrected chi connectivity index (χ3v) is 4.62. The fourth-order valence-electron chi connectivity index (χ4n) is 2.51. The van der Waals surface area contributed by atoms with Gasteiger partial charge in [-0.1, -0.05) is 34.6 Å². The molecule has 0 bridgehead atoms. The van der Waals surface area contributed by atoms with Crippen molar-refractivity contribution in [1.82, 2.24) is 0 Å². The van der Waals surface area contributed by atoms with E-state index < -0.39 is 0 Å². The molecule has 3 unspecified atom stereocenters. The molecule has 0 aromatic carbocycles. The Balaban J connectivity index is 1.88. The van der Waals surface area contributed by atoms with Crippen molar-refractivity contribution in [3.05, 3.63) is 0 Å². The van der Waals surface area contributed by atoms with Crippen molar-refractivity contribution in [1.29, 1.82) is 0 Å². The second-order valence-electron chi connectivity index (χ2n) is 6.57. The van der Waals surface area contributed by atoms with Gasteiger partial charge in [0.2, 0.25) is 0 Å². The topological polar surface area (TPSA) is 43.4 Å². The summed E-state index contributed by atoms with van der Waals surface area (Å²) in [5.74, 6) is -0.512. The Labute approximate surface area is 96.5 Å². The largest absolute Gasteiger partial charge is 0.393 e. The lowest BCUT2D eigenvalue weighted by Crippen LogP contribution is -2.19. The van der Waals surface area contributed by atoms with Gasteiger partial charge >= 0.3 is 11.9 Å². The molecule has 0 N–H and O–H groups in total. The first-order valence-corrected chi connectivity index (χ1v) is 5.93. The molecule has 2 fully saturated rings. The van der Waals surface area contributed by atoms with E-state index in [1.165, 1.54) is 0 Å². The molecule has 3 nitrogen and oxygen atoms in total. The first-order chi connectivity index (χ1) is 7.18. The predicted molar refractivity (Wildman–Crippen MR) is 59.4 cm³/mol. The van der Waals surface area contributed by atoms with Crippen molar-refractivity contribution in [2.24, 2.45) is 28.6 Å². The average Bonchev–Trinajstić information content (AvgIpc) is 2.88. The quantitative estimate of drug-likeness (QED) is 0.534. The highest BCUT2D eigenvalue weighted by atomic mass is 16.6. The highest BCUT2D eigenvalue weighted by Crippen LogP contribution is 2.59. The summed E-state index contributed by atoms with van der Waals surface area (Å²) in [7, 11) is 0. The zero-order chi connectivity index (χ0) is 12.3. The molecule has 3 heteroatoms. The monoisotopic (exact) mass is 224 g/mol. The number of rotatable bonds is 2. The summed E-state index contributed by atoms with van der Waals surface area (Å²) >= 11 is 0. The van der Waals surface area contributed by atoms with Crippen LogP contribution in [0.5, 0.6) is 0 Å². The third kappa shape index (κ3) is 1.66. The summed E-state index contributed by atoms with van der Waals surface area (Å²) in [4.78, 5) is 23.4. The van der Waals surface area contributed by atoms with Crippen LogP contribution in [-0.4, -0.2) is 11.9 Å². The molecule has 2 saturated carbocycles. The smallest absolute Gasteiger partial charge is 0.317 e. The van der Waals surface area contributed by atoms with Crippen LogP contribution in [0.1, 0.15) is 41.0 Å². The highest BCUT2D eigenvalue weighted by Gasteiger charge is 2.61. The summed E-state index contributed by atoms with van der Waals surface area (Å²) in [6.07, 6.45) is 0.836. The van der Waals surface area contributed by atoms with Crippen molar-refractivity contribution in [2.45, 2.75) is 41.0 Å². The lowest BCUT2D eigenvalue weighted by molar-refractivity contribution is -0.162. The molecule has 2 aliphatic carbocycles. The van der Waals surface area contributed by atoms with E-state index in [4.69, 9.17) is 4.74 Å². The zero-order valence-electron chi connectivity index (χ0n) is 10.7. The molecule has 2 aliphatic rings. The van der Waals surface area contributed by atoms with E-state index in [1.54, 1.807) is 0 Å². The summed E-state index contributed by atoms with van der Waals surface area (Å²) < 4.78 is 4.96. The lowest BCUT2D eigenvalue weighted by atomic mass is 10.1. The van der Waals surface area contributed by atoms with Crippen molar-refractivity contribution in [3.8, 4) is 0 Å². The molecule has 0 saturated heterocycles. The minimum absolute atomic E-state index is 0.00354. The molecule has 0 aliphatic heterocycles. The molecule has 2 rings (SSSR count). The van der Waals surface area contributed by atoms with Gasteiger partial charge in [0, 0.05) is 0 Å². The SMILES string of the molecule is CC1C(C(=O)OC(=O)C2CC2(C)C)C1(C)C. The lowest BCUT2D eigenvalue weighted by Gasteiger charge is -2.05. The second-order valence-corrected chi connectivity index (χ2v) is 6.57. The molecule has 0 amide bonds. The van der Waals surface area contributed by atoms with Gasteiger partial charge in [0.05, 0.1) is 11.8 Å². The number of esters is 2. The normalized spacial score (nSPS) is 37.7. The van der Waals surface area contributed by atoms with E-state index in [0.717, 1.165) is 6.42 Å². The Morgan fingerprint density at radius 1 is 1.12 bits per heavy atom. The second kappa shape index (κ2) is 3.08. The van der Waals surface area contributed by atoms with E-state index in [-0.39, 0.29) is 34.6 Å². The van der Waals surface area contributed by atoms with Gasteiger partial charge in [0.1, 0.15) is 0 Å². The Morgan fingerprint density at radius 3 is 1.88 bits per heavy atom. The summed E-state index contributed by atoms with van der Waals surface area (Å²) in [5, 5.41) is 0. The molecule has 0 heterocycles. The molecule has 90 valence electrons. The van der Waals surface area contributed by atoms with Gasteiger partial charge in [-0.25, -0.2) is 0 Å². The number of carbonyl (C=O) groups is 2. The Kier molecular flexibility index (Phi) is 2.24. The highest BCUT2D eigenvalue weighted by molar-refractivity contribution is 5.91. The van der Waals surface area contributed by atoms with Crippen molar-refractivity contribution in [3.63, 3.8) is 0 Å². The van der Waals surface area contributed by atoms with Crippen LogP contribution in [0, 0.1) is 28.6 Å². The van der Waals surface area contributed by atoms with Gasteiger partial charge < -0.3 is 4.74 Å². The van der Waals surface area contributed by atoms with Crippen molar-refractivity contribution in [2.75, 3.05) is 0 Å². The number of hydrogen-bond acceptors (Lipinski definition) is 3. The van der Waals surface area contributed by atoms with Gasteiger partial charge in [-0.05, 0) is 23.2 Å². The Bertz CT molecular complexity index is 354. The Morgan fingerprint density at radius 2 is 1.56 bits per heavy atom. The van der Waals surface area contributed by atoms with Crippen LogP contribution in [0.2, 0.25) is 0 Å². The number of ether oxygens (including phenoxy) is 1. The van der Waals surface area contributed by atoms with Gasteiger partial charge in [0.15, 0.2) is 0 Å². The van der Waals surface area contributed by atoms with E-state index in [9.17, 15) is 9.59 Å². The Hall–Kier alpha value is -0.860. The van der Waals surface area contributed by atoms with Crippen LogP contribution in [0.3, 0.4) is 0 Å². The maximum absolute atomic E-state index is 11.7. The van der Waals surface area contributed by atoms with Crippen LogP contribution in [0.25, 0.3) is 0 Å². The van der Waals surface area contributed by atoms with Crippen molar-refractivity contribution < 1.29 is 14.3 Å². The molecule has 0 aromatic heterocycles. The minimum atomic E-state index is -0.329. The summed E-state index contributed by atoms with van der Waals surface area (Å²) in [5.41, 5.74) is 0.0263. The summed E-state index contributed by atoms with van der Waals surface area (Å²) in [6.45, 7) is 10.1. The fraction of sp³-hybridized carbons (Fsp3) is 0.846. The summed E-state index contributed by atoms with van der Waals surface area (Å²) in [6, 6.07) is 0. The van der Waals surface area contributed by atoms with Crippen LogP contribution in [0.4, 0.5) is 0 Å². The molecule has 16 heavy (non-hydrogen) atoms. The molecule has 0 radical (unpaired) electrons.